The zero-order valence-corrected chi connectivity index (χ0v) is 31.8. The summed E-state index contributed by atoms with van der Waals surface area (Å²) in [7, 11) is 0. The van der Waals surface area contributed by atoms with Gasteiger partial charge in [-0.05, 0) is 104 Å². The highest BCUT2D eigenvalue weighted by atomic mass is 15.2. The van der Waals surface area contributed by atoms with E-state index in [9.17, 15) is 0 Å². The fourth-order valence-electron chi connectivity index (χ4n) is 8.76. The lowest BCUT2D eigenvalue weighted by molar-refractivity contribution is 1.17. The minimum absolute atomic E-state index is 1.08. The predicted octanol–water partition coefficient (Wildman–Crippen LogP) is 15.6. The van der Waals surface area contributed by atoms with Crippen molar-refractivity contribution in [2.45, 2.75) is 0 Å². The highest BCUT2D eigenvalue weighted by Crippen LogP contribution is 2.46. The molecule has 58 heavy (non-hydrogen) atoms. The van der Waals surface area contributed by atoms with Gasteiger partial charge in [0.15, 0.2) is 0 Å². The number of nitrogens with zero attached hydrogens (tertiary/aromatic N) is 2. The molecule has 10 aromatic carbocycles. The molecular formula is C56H38N2. The third-order valence-electron chi connectivity index (χ3n) is 11.5. The molecule has 11 rings (SSSR count). The molecular weight excluding hydrogens is 701 g/mol. The molecule has 0 amide bonds. The molecule has 0 aliphatic rings. The van der Waals surface area contributed by atoms with Crippen LogP contribution >= 0.6 is 0 Å². The van der Waals surface area contributed by atoms with Gasteiger partial charge in [0.05, 0.1) is 16.7 Å². The van der Waals surface area contributed by atoms with Crippen molar-refractivity contribution >= 4 is 60.4 Å². The first-order chi connectivity index (χ1) is 28.8. The van der Waals surface area contributed by atoms with Gasteiger partial charge < -0.3 is 9.47 Å². The highest BCUT2D eigenvalue weighted by Gasteiger charge is 2.23. The Bertz CT molecular complexity index is 3270. The van der Waals surface area contributed by atoms with Gasteiger partial charge in [-0.2, -0.15) is 0 Å². The van der Waals surface area contributed by atoms with Crippen molar-refractivity contribution < 1.29 is 0 Å². The topological polar surface area (TPSA) is 8.17 Å². The van der Waals surface area contributed by atoms with Crippen LogP contribution in [0.4, 0.5) is 17.1 Å². The van der Waals surface area contributed by atoms with Gasteiger partial charge in [-0.15, -0.1) is 0 Å². The molecule has 0 bridgehead atoms. The Morgan fingerprint density at radius 1 is 0.293 bits per heavy atom. The monoisotopic (exact) mass is 738 g/mol. The van der Waals surface area contributed by atoms with Crippen LogP contribution in [0.25, 0.3) is 82.4 Å². The van der Waals surface area contributed by atoms with Gasteiger partial charge in [-0.3, -0.25) is 0 Å². The number of benzene rings is 10. The number of fused-ring (bicyclic) bond motifs is 5. The summed E-state index contributed by atoms with van der Waals surface area (Å²) in [5.41, 5.74) is 13.9. The van der Waals surface area contributed by atoms with Crippen molar-refractivity contribution in [3.63, 3.8) is 0 Å². The Morgan fingerprint density at radius 2 is 0.810 bits per heavy atom. The fraction of sp³-hybridized carbons (Fsp3) is 0. The molecule has 0 N–H and O–H groups in total. The van der Waals surface area contributed by atoms with Crippen LogP contribution in [0.2, 0.25) is 0 Å². The summed E-state index contributed by atoms with van der Waals surface area (Å²) in [4.78, 5) is 2.44. The van der Waals surface area contributed by atoms with Gasteiger partial charge in [-0.1, -0.05) is 176 Å². The second-order valence-electron chi connectivity index (χ2n) is 15.0. The van der Waals surface area contributed by atoms with Crippen molar-refractivity contribution in [3.05, 3.63) is 231 Å². The van der Waals surface area contributed by atoms with Crippen LogP contribution < -0.4 is 4.90 Å². The Kier molecular flexibility index (Phi) is 8.19. The van der Waals surface area contributed by atoms with Crippen molar-refractivity contribution in [2.24, 2.45) is 0 Å². The Hall–Kier alpha value is -7.68. The normalized spacial score (nSPS) is 11.4. The predicted molar refractivity (Wildman–Crippen MR) is 247 cm³/mol. The summed E-state index contributed by atoms with van der Waals surface area (Å²) in [6.45, 7) is 0. The molecule has 1 aromatic heterocycles. The van der Waals surface area contributed by atoms with E-state index in [1.807, 2.05) is 0 Å². The minimum Gasteiger partial charge on any atom is -0.308 e. The average Bonchev–Trinajstić information content (AvgIpc) is 3.65. The maximum absolute atomic E-state index is 2.48. The number of para-hydroxylation sites is 3. The molecule has 0 aliphatic carbocycles. The summed E-state index contributed by atoms with van der Waals surface area (Å²) >= 11 is 0. The Labute approximate surface area is 338 Å². The first kappa shape index (κ1) is 33.6. The molecule has 2 heteroatoms. The number of anilines is 3. The zero-order valence-electron chi connectivity index (χ0n) is 31.8. The molecule has 0 atom stereocenters. The van der Waals surface area contributed by atoms with E-state index in [-0.39, 0.29) is 0 Å². The summed E-state index contributed by atoms with van der Waals surface area (Å²) in [5.74, 6) is 0. The quantitative estimate of drug-likeness (QED) is 0.158. The van der Waals surface area contributed by atoms with Crippen LogP contribution in [0.3, 0.4) is 0 Å². The molecule has 0 saturated carbocycles. The van der Waals surface area contributed by atoms with Crippen LogP contribution in [0.5, 0.6) is 0 Å². The molecule has 272 valence electrons. The van der Waals surface area contributed by atoms with Gasteiger partial charge in [0, 0.05) is 33.4 Å². The van der Waals surface area contributed by atoms with Crippen LogP contribution in [0.15, 0.2) is 231 Å². The second kappa shape index (κ2) is 14.1. The highest BCUT2D eigenvalue weighted by molar-refractivity contribution is 6.17. The number of hydrogen-bond donors (Lipinski definition) is 0. The smallest absolute Gasteiger partial charge is 0.0782 e. The lowest BCUT2D eigenvalue weighted by Crippen LogP contribution is -2.12. The average molecular weight is 739 g/mol. The summed E-state index contributed by atoms with van der Waals surface area (Å²) in [5, 5.41) is 7.39. The Morgan fingerprint density at radius 3 is 1.50 bits per heavy atom. The van der Waals surface area contributed by atoms with E-state index >= 15 is 0 Å². The van der Waals surface area contributed by atoms with Crippen molar-refractivity contribution in [1.82, 2.24) is 4.57 Å². The molecule has 0 saturated heterocycles. The molecule has 0 spiro atoms. The molecule has 0 radical (unpaired) electrons. The third kappa shape index (κ3) is 5.82. The van der Waals surface area contributed by atoms with E-state index in [1.165, 1.54) is 71.2 Å². The largest absolute Gasteiger partial charge is 0.308 e. The standard InChI is InChI=1S/C56H38N2/c1-3-16-42(17-4-1)51-24-12-25-52-53-26-13-27-54(56(53)58(55(51)52)48-21-5-2-6-22-48)57(49-34-32-41(33-35-49)46-30-28-39-14-7-9-18-43(39)36-46)50-23-11-20-45(38-50)47-31-29-40-15-8-10-19-44(40)37-47/h1-38H. The lowest BCUT2D eigenvalue weighted by Gasteiger charge is -2.28. The molecule has 0 aliphatic heterocycles. The zero-order chi connectivity index (χ0) is 38.4. The molecule has 11 aromatic rings. The van der Waals surface area contributed by atoms with E-state index in [0.29, 0.717) is 0 Å². The summed E-state index contributed by atoms with van der Waals surface area (Å²) < 4.78 is 2.48. The molecule has 2 nitrogen and oxygen atoms in total. The van der Waals surface area contributed by atoms with Gasteiger partial charge in [0.1, 0.15) is 0 Å². The van der Waals surface area contributed by atoms with E-state index in [2.05, 4.69) is 240 Å². The van der Waals surface area contributed by atoms with E-state index in [0.717, 1.165) is 28.3 Å². The van der Waals surface area contributed by atoms with Gasteiger partial charge in [0.25, 0.3) is 0 Å². The number of hydrogen-bond acceptors (Lipinski definition) is 1. The fourth-order valence-corrected chi connectivity index (χ4v) is 8.76. The van der Waals surface area contributed by atoms with E-state index < -0.39 is 0 Å². The third-order valence-corrected chi connectivity index (χ3v) is 11.5. The van der Waals surface area contributed by atoms with E-state index in [4.69, 9.17) is 0 Å². The van der Waals surface area contributed by atoms with Crippen LogP contribution in [0, 0.1) is 0 Å². The lowest BCUT2D eigenvalue weighted by atomic mass is 9.99. The maximum atomic E-state index is 2.48. The van der Waals surface area contributed by atoms with Crippen LogP contribution in [0.1, 0.15) is 0 Å². The molecule has 0 unspecified atom stereocenters. The Balaban J connectivity index is 1.16. The van der Waals surface area contributed by atoms with Crippen molar-refractivity contribution in [3.8, 4) is 39.1 Å². The van der Waals surface area contributed by atoms with Crippen LogP contribution in [-0.4, -0.2) is 4.57 Å². The second-order valence-corrected chi connectivity index (χ2v) is 15.0. The minimum atomic E-state index is 1.08. The van der Waals surface area contributed by atoms with E-state index in [1.54, 1.807) is 0 Å². The number of aromatic nitrogens is 1. The molecule has 1 heterocycles. The summed E-state index contributed by atoms with van der Waals surface area (Å²) in [6.07, 6.45) is 0. The maximum Gasteiger partial charge on any atom is 0.0782 e. The first-order valence-corrected chi connectivity index (χ1v) is 19.9. The van der Waals surface area contributed by atoms with Crippen molar-refractivity contribution in [2.75, 3.05) is 4.90 Å². The van der Waals surface area contributed by atoms with Crippen molar-refractivity contribution in [1.29, 1.82) is 0 Å². The van der Waals surface area contributed by atoms with Gasteiger partial charge in [0.2, 0.25) is 0 Å². The SMILES string of the molecule is c1ccc(-c2cccc3c4cccc(N(c5ccc(-c6ccc7ccccc7c6)cc5)c5cccc(-c6ccc7ccccc7c6)c5)c4n(-c4ccccc4)c23)cc1. The van der Waals surface area contributed by atoms with Crippen LogP contribution in [-0.2, 0) is 0 Å². The number of rotatable bonds is 7. The molecule has 0 fully saturated rings. The van der Waals surface area contributed by atoms with Gasteiger partial charge >= 0.3 is 0 Å². The summed E-state index contributed by atoms with van der Waals surface area (Å²) in [6, 6.07) is 83.8. The first-order valence-electron chi connectivity index (χ1n) is 19.9. The van der Waals surface area contributed by atoms with Gasteiger partial charge in [-0.25, -0.2) is 0 Å².